The van der Waals surface area contributed by atoms with Crippen molar-refractivity contribution in [1.29, 1.82) is 0 Å². The summed E-state index contributed by atoms with van der Waals surface area (Å²) in [6, 6.07) is 5.43. The number of hydrogen-bond acceptors (Lipinski definition) is 1. The molecule has 0 aliphatic rings. The standard InChI is InChI=1S/C8H8N2O/c11-7-3-4-9-8(7)10-5-1-2-6-10/h1-6,9,11H. The first-order valence-electron chi connectivity index (χ1n) is 3.37. The van der Waals surface area contributed by atoms with E-state index in [0.29, 0.717) is 5.82 Å². The summed E-state index contributed by atoms with van der Waals surface area (Å²) in [6.45, 7) is 0. The molecule has 0 radical (unpaired) electrons. The van der Waals surface area contributed by atoms with E-state index in [4.69, 9.17) is 0 Å². The Hall–Kier alpha value is -1.64. The second-order valence-electron chi connectivity index (χ2n) is 2.30. The van der Waals surface area contributed by atoms with E-state index < -0.39 is 0 Å². The Morgan fingerprint density at radius 3 is 2.55 bits per heavy atom. The second kappa shape index (κ2) is 2.20. The SMILES string of the molecule is Oc1cc[nH]c1-n1cccc1. The number of nitrogens with zero attached hydrogens (tertiary/aromatic N) is 1. The first-order chi connectivity index (χ1) is 5.38. The van der Waals surface area contributed by atoms with E-state index in [2.05, 4.69) is 4.98 Å². The Kier molecular flexibility index (Phi) is 1.22. The minimum atomic E-state index is 0.265. The zero-order chi connectivity index (χ0) is 7.68. The highest BCUT2D eigenvalue weighted by molar-refractivity contribution is 5.39. The number of aromatic hydroxyl groups is 1. The second-order valence-corrected chi connectivity index (χ2v) is 2.30. The quantitative estimate of drug-likeness (QED) is 0.632. The van der Waals surface area contributed by atoms with E-state index in [9.17, 15) is 5.11 Å². The highest BCUT2D eigenvalue weighted by atomic mass is 16.3. The average molecular weight is 148 g/mol. The molecule has 0 unspecified atom stereocenters. The molecule has 0 bridgehead atoms. The van der Waals surface area contributed by atoms with Crippen molar-refractivity contribution >= 4 is 0 Å². The van der Waals surface area contributed by atoms with Gasteiger partial charge >= 0.3 is 0 Å². The zero-order valence-corrected chi connectivity index (χ0v) is 5.86. The summed E-state index contributed by atoms with van der Waals surface area (Å²) in [5, 5.41) is 9.27. The summed E-state index contributed by atoms with van der Waals surface area (Å²) in [6.07, 6.45) is 5.43. The molecule has 0 atom stereocenters. The Morgan fingerprint density at radius 1 is 1.27 bits per heavy atom. The molecular formula is C8H8N2O. The van der Waals surface area contributed by atoms with Crippen molar-refractivity contribution in [3.63, 3.8) is 0 Å². The fraction of sp³-hybridized carbons (Fsp3) is 0. The molecule has 0 spiro atoms. The lowest BCUT2D eigenvalue weighted by molar-refractivity contribution is 0.473. The van der Waals surface area contributed by atoms with Gasteiger partial charge in [-0.3, -0.25) is 0 Å². The fourth-order valence-corrected chi connectivity index (χ4v) is 1.04. The van der Waals surface area contributed by atoms with E-state index in [1.807, 2.05) is 29.1 Å². The van der Waals surface area contributed by atoms with Crippen LogP contribution in [0.5, 0.6) is 5.75 Å². The predicted octanol–water partition coefficient (Wildman–Crippen LogP) is 1.51. The normalized spacial score (nSPS) is 10.2. The predicted molar refractivity (Wildman–Crippen MR) is 41.8 cm³/mol. The Morgan fingerprint density at radius 2 is 2.00 bits per heavy atom. The molecule has 0 aliphatic heterocycles. The summed E-state index contributed by atoms with van der Waals surface area (Å²) in [7, 11) is 0. The number of H-pyrrole nitrogens is 1. The molecule has 11 heavy (non-hydrogen) atoms. The first-order valence-corrected chi connectivity index (χ1v) is 3.37. The van der Waals surface area contributed by atoms with Crippen molar-refractivity contribution in [2.24, 2.45) is 0 Å². The van der Waals surface area contributed by atoms with Crippen LogP contribution in [0.3, 0.4) is 0 Å². The van der Waals surface area contributed by atoms with Gasteiger partial charge in [-0.1, -0.05) is 0 Å². The van der Waals surface area contributed by atoms with Crippen LogP contribution >= 0.6 is 0 Å². The third-order valence-corrected chi connectivity index (χ3v) is 1.57. The molecule has 2 rings (SSSR count). The minimum absolute atomic E-state index is 0.265. The van der Waals surface area contributed by atoms with Crippen LogP contribution in [-0.4, -0.2) is 14.7 Å². The van der Waals surface area contributed by atoms with Crippen LogP contribution in [0.15, 0.2) is 36.8 Å². The monoisotopic (exact) mass is 148 g/mol. The molecule has 2 aromatic rings. The summed E-state index contributed by atoms with van der Waals surface area (Å²) in [4.78, 5) is 2.92. The van der Waals surface area contributed by atoms with Crippen molar-refractivity contribution in [3.8, 4) is 11.6 Å². The van der Waals surface area contributed by atoms with Crippen molar-refractivity contribution in [2.45, 2.75) is 0 Å². The van der Waals surface area contributed by atoms with Crippen LogP contribution in [0.2, 0.25) is 0 Å². The lowest BCUT2D eigenvalue weighted by atomic mass is 10.5. The number of nitrogens with one attached hydrogen (secondary N) is 1. The van der Waals surface area contributed by atoms with E-state index >= 15 is 0 Å². The van der Waals surface area contributed by atoms with Gasteiger partial charge in [0, 0.05) is 18.6 Å². The Bertz CT molecular complexity index is 335. The van der Waals surface area contributed by atoms with Crippen molar-refractivity contribution in [1.82, 2.24) is 9.55 Å². The molecule has 56 valence electrons. The van der Waals surface area contributed by atoms with Gasteiger partial charge in [-0.05, 0) is 18.2 Å². The van der Waals surface area contributed by atoms with Gasteiger partial charge in [0.05, 0.1) is 0 Å². The molecule has 2 N–H and O–H groups in total. The topological polar surface area (TPSA) is 40.9 Å². The van der Waals surface area contributed by atoms with Crippen molar-refractivity contribution in [2.75, 3.05) is 0 Å². The van der Waals surface area contributed by atoms with Crippen LogP contribution in [0, 0.1) is 0 Å². The highest BCUT2D eigenvalue weighted by Gasteiger charge is 2.00. The van der Waals surface area contributed by atoms with Crippen LogP contribution in [0.4, 0.5) is 0 Å². The molecule has 0 amide bonds. The smallest absolute Gasteiger partial charge is 0.158 e. The maximum absolute atomic E-state index is 9.27. The van der Waals surface area contributed by atoms with Crippen LogP contribution in [0.1, 0.15) is 0 Å². The Balaban J connectivity index is 2.53. The van der Waals surface area contributed by atoms with Gasteiger partial charge in [-0.2, -0.15) is 0 Å². The number of hydrogen-bond donors (Lipinski definition) is 2. The molecule has 3 heteroatoms. The van der Waals surface area contributed by atoms with Gasteiger partial charge in [-0.15, -0.1) is 0 Å². The van der Waals surface area contributed by atoms with E-state index in [1.165, 1.54) is 0 Å². The molecular weight excluding hydrogens is 140 g/mol. The van der Waals surface area contributed by atoms with Gasteiger partial charge < -0.3 is 14.7 Å². The summed E-state index contributed by atoms with van der Waals surface area (Å²) in [5.41, 5.74) is 0. The molecule has 0 aromatic carbocycles. The van der Waals surface area contributed by atoms with Gasteiger partial charge in [0.1, 0.15) is 0 Å². The maximum atomic E-state index is 9.27. The van der Waals surface area contributed by atoms with Gasteiger partial charge in [0.2, 0.25) is 0 Å². The minimum Gasteiger partial charge on any atom is -0.504 e. The Labute approximate surface area is 63.9 Å². The fourth-order valence-electron chi connectivity index (χ4n) is 1.04. The van der Waals surface area contributed by atoms with E-state index in [-0.39, 0.29) is 5.75 Å². The van der Waals surface area contributed by atoms with E-state index in [0.717, 1.165) is 0 Å². The largest absolute Gasteiger partial charge is 0.504 e. The molecule has 2 aromatic heterocycles. The van der Waals surface area contributed by atoms with E-state index in [1.54, 1.807) is 12.3 Å². The van der Waals surface area contributed by atoms with Crippen LogP contribution < -0.4 is 0 Å². The zero-order valence-electron chi connectivity index (χ0n) is 5.86. The number of aromatic nitrogens is 2. The molecule has 2 heterocycles. The number of rotatable bonds is 1. The summed E-state index contributed by atoms with van der Waals surface area (Å²) >= 11 is 0. The van der Waals surface area contributed by atoms with Crippen molar-refractivity contribution < 1.29 is 5.11 Å². The molecule has 0 aliphatic carbocycles. The molecule has 0 fully saturated rings. The third-order valence-electron chi connectivity index (χ3n) is 1.57. The first kappa shape index (κ1) is 6.09. The van der Waals surface area contributed by atoms with Gasteiger partial charge in [-0.25, -0.2) is 0 Å². The summed E-state index contributed by atoms with van der Waals surface area (Å²) in [5.74, 6) is 0.969. The average Bonchev–Trinajstić information content (AvgIpc) is 2.55. The van der Waals surface area contributed by atoms with Crippen LogP contribution in [-0.2, 0) is 0 Å². The highest BCUT2D eigenvalue weighted by Crippen LogP contribution is 2.18. The molecule has 0 saturated heterocycles. The lowest BCUT2D eigenvalue weighted by Crippen LogP contribution is -1.88. The lowest BCUT2D eigenvalue weighted by Gasteiger charge is -1.98. The number of aromatic amines is 1. The van der Waals surface area contributed by atoms with Crippen molar-refractivity contribution in [3.05, 3.63) is 36.8 Å². The van der Waals surface area contributed by atoms with Crippen LogP contribution in [0.25, 0.3) is 5.82 Å². The molecule has 3 nitrogen and oxygen atoms in total. The summed E-state index contributed by atoms with van der Waals surface area (Å²) < 4.78 is 1.81. The van der Waals surface area contributed by atoms with Gasteiger partial charge in [0.15, 0.2) is 11.6 Å². The molecule has 0 saturated carbocycles. The third kappa shape index (κ3) is 0.902. The maximum Gasteiger partial charge on any atom is 0.158 e. The van der Waals surface area contributed by atoms with Gasteiger partial charge in [0.25, 0.3) is 0 Å².